The van der Waals surface area contributed by atoms with Gasteiger partial charge in [0.1, 0.15) is 5.75 Å². The van der Waals surface area contributed by atoms with Crippen LogP contribution in [0, 0.1) is 0 Å². The van der Waals surface area contributed by atoms with E-state index in [0.29, 0.717) is 18.5 Å². The molecule has 0 saturated heterocycles. The van der Waals surface area contributed by atoms with E-state index < -0.39 is 5.97 Å². The molecular formula is C25H25NO4. The third kappa shape index (κ3) is 5.06. The summed E-state index contributed by atoms with van der Waals surface area (Å²) in [7, 11) is 0. The first-order chi connectivity index (χ1) is 14.5. The molecule has 3 aromatic rings. The Kier molecular flexibility index (Phi) is 6.86. The Morgan fingerprint density at radius 2 is 1.57 bits per heavy atom. The maximum Gasteiger partial charge on any atom is 0.336 e. The fraction of sp³-hybridized carbons (Fsp3) is 0.200. The van der Waals surface area contributed by atoms with Crippen LogP contribution in [0.15, 0.2) is 72.8 Å². The Morgan fingerprint density at radius 3 is 2.20 bits per heavy atom. The number of amides is 1. The second-order valence-corrected chi connectivity index (χ2v) is 7.15. The van der Waals surface area contributed by atoms with Crippen LogP contribution in [0.2, 0.25) is 0 Å². The molecule has 0 aromatic heterocycles. The Labute approximate surface area is 176 Å². The molecule has 0 aliphatic heterocycles. The summed E-state index contributed by atoms with van der Waals surface area (Å²) in [6.07, 6.45) is 2.21. The van der Waals surface area contributed by atoms with Crippen molar-refractivity contribution in [3.05, 3.63) is 83.9 Å². The molecule has 5 heteroatoms. The predicted molar refractivity (Wildman–Crippen MR) is 118 cm³/mol. The van der Waals surface area contributed by atoms with Crippen LogP contribution in [0.4, 0.5) is 5.69 Å². The lowest BCUT2D eigenvalue weighted by Crippen LogP contribution is -2.30. The summed E-state index contributed by atoms with van der Waals surface area (Å²) in [5.41, 5.74) is 3.39. The van der Waals surface area contributed by atoms with Gasteiger partial charge >= 0.3 is 5.97 Å². The summed E-state index contributed by atoms with van der Waals surface area (Å²) in [6, 6.07) is 21.1. The smallest absolute Gasteiger partial charge is 0.336 e. The number of carboxylic acid groups (broad SMARTS) is 1. The van der Waals surface area contributed by atoms with Gasteiger partial charge in [0.05, 0.1) is 12.1 Å². The third-order valence-corrected chi connectivity index (χ3v) is 4.97. The summed E-state index contributed by atoms with van der Waals surface area (Å²) < 4.78 is 0. The van der Waals surface area contributed by atoms with Gasteiger partial charge in [0.2, 0.25) is 5.91 Å². The third-order valence-electron chi connectivity index (χ3n) is 4.97. The van der Waals surface area contributed by atoms with Gasteiger partial charge in [0.25, 0.3) is 0 Å². The molecule has 3 aromatic carbocycles. The number of aromatic hydroxyl groups is 1. The van der Waals surface area contributed by atoms with Crippen molar-refractivity contribution >= 4 is 17.6 Å². The minimum Gasteiger partial charge on any atom is -0.508 e. The summed E-state index contributed by atoms with van der Waals surface area (Å²) in [5.74, 6) is -0.779. The topological polar surface area (TPSA) is 77.8 Å². The van der Waals surface area contributed by atoms with Crippen LogP contribution in [0.5, 0.6) is 5.75 Å². The van der Waals surface area contributed by atoms with Crippen molar-refractivity contribution in [2.75, 3.05) is 4.90 Å². The average molecular weight is 403 g/mol. The molecule has 30 heavy (non-hydrogen) atoms. The molecule has 0 atom stereocenters. The lowest BCUT2D eigenvalue weighted by atomic mass is 9.98. The quantitative estimate of drug-likeness (QED) is 0.522. The first-order valence-electron chi connectivity index (χ1n) is 10.0. The van der Waals surface area contributed by atoms with E-state index in [4.69, 9.17) is 0 Å². The lowest BCUT2D eigenvalue weighted by molar-refractivity contribution is -0.118. The number of aromatic carboxylic acids is 1. The van der Waals surface area contributed by atoms with E-state index in [1.807, 2.05) is 37.3 Å². The van der Waals surface area contributed by atoms with E-state index in [1.165, 1.54) is 0 Å². The number of rotatable bonds is 8. The first-order valence-corrected chi connectivity index (χ1v) is 10.0. The molecule has 3 rings (SSSR count). The molecular weight excluding hydrogens is 378 g/mol. The summed E-state index contributed by atoms with van der Waals surface area (Å²) in [4.78, 5) is 26.0. The fourth-order valence-electron chi connectivity index (χ4n) is 3.31. The van der Waals surface area contributed by atoms with E-state index >= 15 is 0 Å². The highest BCUT2D eigenvalue weighted by Gasteiger charge is 2.16. The van der Waals surface area contributed by atoms with Gasteiger partial charge in [-0.25, -0.2) is 4.79 Å². The van der Waals surface area contributed by atoms with E-state index in [1.54, 1.807) is 47.4 Å². The van der Waals surface area contributed by atoms with Crippen LogP contribution in [0.3, 0.4) is 0 Å². The highest BCUT2D eigenvalue weighted by molar-refractivity contribution is 5.96. The maximum absolute atomic E-state index is 12.8. The molecule has 0 aliphatic rings. The van der Waals surface area contributed by atoms with Crippen molar-refractivity contribution in [1.82, 2.24) is 0 Å². The SMILES string of the molecule is CCCCC(=O)N(Cc1ccc(-c2ccccc2C(=O)O)cc1)c1ccc(O)cc1. The molecule has 0 radical (unpaired) electrons. The van der Waals surface area contributed by atoms with Crippen molar-refractivity contribution in [1.29, 1.82) is 0 Å². The summed E-state index contributed by atoms with van der Waals surface area (Å²) in [6.45, 7) is 2.44. The number of carbonyl (C=O) groups is 2. The second-order valence-electron chi connectivity index (χ2n) is 7.15. The largest absolute Gasteiger partial charge is 0.508 e. The Bertz CT molecular complexity index is 1010. The van der Waals surface area contributed by atoms with Crippen molar-refractivity contribution in [2.24, 2.45) is 0 Å². The van der Waals surface area contributed by atoms with Crippen molar-refractivity contribution in [3.63, 3.8) is 0 Å². The zero-order valence-corrected chi connectivity index (χ0v) is 16.9. The van der Waals surface area contributed by atoms with E-state index in [-0.39, 0.29) is 17.2 Å². The number of carbonyl (C=O) groups excluding carboxylic acids is 1. The molecule has 0 unspecified atom stereocenters. The van der Waals surface area contributed by atoms with Crippen LogP contribution < -0.4 is 4.90 Å². The minimum atomic E-state index is -0.963. The number of hydrogen-bond donors (Lipinski definition) is 2. The van der Waals surface area contributed by atoms with Gasteiger partial charge in [-0.3, -0.25) is 4.79 Å². The van der Waals surface area contributed by atoms with E-state index in [9.17, 15) is 19.8 Å². The molecule has 5 nitrogen and oxygen atoms in total. The number of phenolic OH excluding ortho intramolecular Hbond substituents is 1. The van der Waals surface area contributed by atoms with Crippen LogP contribution in [0.25, 0.3) is 11.1 Å². The number of phenols is 1. The van der Waals surface area contributed by atoms with Gasteiger partial charge in [-0.1, -0.05) is 55.8 Å². The molecule has 0 aliphatic carbocycles. The van der Waals surface area contributed by atoms with Gasteiger partial charge in [0.15, 0.2) is 0 Å². The number of anilines is 1. The molecule has 0 spiro atoms. The number of nitrogens with zero attached hydrogens (tertiary/aromatic N) is 1. The average Bonchev–Trinajstić information content (AvgIpc) is 2.77. The monoisotopic (exact) mass is 403 g/mol. The zero-order chi connectivity index (χ0) is 21.5. The van der Waals surface area contributed by atoms with Crippen LogP contribution in [0.1, 0.15) is 42.1 Å². The first kappa shape index (κ1) is 21.1. The van der Waals surface area contributed by atoms with Crippen LogP contribution in [-0.2, 0) is 11.3 Å². The van der Waals surface area contributed by atoms with Gasteiger partial charge in [0, 0.05) is 12.1 Å². The van der Waals surface area contributed by atoms with Gasteiger partial charge in [-0.05, 0) is 53.4 Å². The second kappa shape index (κ2) is 9.74. The summed E-state index contributed by atoms with van der Waals surface area (Å²) in [5, 5.41) is 19.0. The number of unbranched alkanes of at least 4 members (excludes halogenated alkanes) is 1. The fourth-order valence-corrected chi connectivity index (χ4v) is 3.31. The van der Waals surface area contributed by atoms with Crippen molar-refractivity contribution in [3.8, 4) is 16.9 Å². The molecule has 0 fully saturated rings. The molecule has 0 saturated carbocycles. The minimum absolute atomic E-state index is 0.0304. The normalized spacial score (nSPS) is 10.6. The Balaban J connectivity index is 1.85. The Morgan fingerprint density at radius 1 is 0.900 bits per heavy atom. The van der Waals surface area contributed by atoms with Crippen molar-refractivity contribution < 1.29 is 19.8 Å². The molecule has 2 N–H and O–H groups in total. The molecule has 0 bridgehead atoms. The van der Waals surface area contributed by atoms with Crippen LogP contribution >= 0.6 is 0 Å². The number of benzene rings is 3. The van der Waals surface area contributed by atoms with Gasteiger partial charge in [-0.15, -0.1) is 0 Å². The summed E-state index contributed by atoms with van der Waals surface area (Å²) >= 11 is 0. The maximum atomic E-state index is 12.8. The van der Waals surface area contributed by atoms with Gasteiger partial charge < -0.3 is 15.1 Å². The molecule has 0 heterocycles. The molecule has 154 valence electrons. The highest BCUT2D eigenvalue weighted by atomic mass is 16.4. The zero-order valence-electron chi connectivity index (χ0n) is 16.9. The van der Waals surface area contributed by atoms with E-state index in [2.05, 4.69) is 0 Å². The van der Waals surface area contributed by atoms with Gasteiger partial charge in [-0.2, -0.15) is 0 Å². The molecule has 1 amide bonds. The number of carboxylic acids is 1. The predicted octanol–water partition coefficient (Wildman–Crippen LogP) is 5.48. The van der Waals surface area contributed by atoms with Crippen molar-refractivity contribution in [2.45, 2.75) is 32.7 Å². The lowest BCUT2D eigenvalue weighted by Gasteiger charge is -2.23. The van der Waals surface area contributed by atoms with Crippen LogP contribution in [-0.4, -0.2) is 22.1 Å². The Hall–Kier alpha value is -3.60. The van der Waals surface area contributed by atoms with E-state index in [0.717, 1.165) is 29.7 Å². The number of hydrogen-bond acceptors (Lipinski definition) is 3. The standard InChI is InChI=1S/C25H25NO4/c1-2-3-8-24(28)26(20-13-15-21(27)16-14-20)17-18-9-11-19(12-10-18)22-6-4-5-7-23(22)25(29)30/h4-7,9-16,27H,2-3,8,17H2,1H3,(H,29,30). The highest BCUT2D eigenvalue weighted by Crippen LogP contribution is 2.26.